The smallest absolute Gasteiger partial charge is 0.303 e. The van der Waals surface area contributed by atoms with E-state index in [1.54, 1.807) is 22.0 Å². The predicted molar refractivity (Wildman–Crippen MR) is 85.5 cm³/mol. The summed E-state index contributed by atoms with van der Waals surface area (Å²) >= 11 is 5.80. The van der Waals surface area contributed by atoms with E-state index in [2.05, 4.69) is 10.2 Å². The molecule has 3 rings (SSSR count). The van der Waals surface area contributed by atoms with Crippen molar-refractivity contribution < 1.29 is 14.7 Å². The molecule has 1 aliphatic heterocycles. The van der Waals surface area contributed by atoms with E-state index in [-0.39, 0.29) is 12.3 Å². The summed E-state index contributed by atoms with van der Waals surface area (Å²) < 4.78 is 3.51. The molecule has 1 aliphatic rings. The highest BCUT2D eigenvalue weighted by atomic mass is 35.5. The summed E-state index contributed by atoms with van der Waals surface area (Å²) in [5.74, 6) is -0.780. The minimum Gasteiger partial charge on any atom is -0.481 e. The zero-order chi connectivity index (χ0) is 17.1. The van der Waals surface area contributed by atoms with Crippen LogP contribution < -0.4 is 0 Å². The molecule has 9 heteroatoms. The Hall–Kier alpha value is -2.35. The Morgan fingerprint density at radius 2 is 2.12 bits per heavy atom. The molecule has 24 heavy (non-hydrogen) atoms. The molecular formula is C15H18ClN5O3. The van der Waals surface area contributed by atoms with E-state index in [0.717, 1.165) is 11.4 Å². The monoisotopic (exact) mass is 351 g/mol. The molecule has 0 spiro atoms. The van der Waals surface area contributed by atoms with Crippen molar-refractivity contribution in [1.29, 1.82) is 0 Å². The number of hydrogen-bond acceptors (Lipinski definition) is 4. The van der Waals surface area contributed by atoms with Crippen molar-refractivity contribution in [1.82, 2.24) is 24.5 Å². The molecule has 0 aromatic carbocycles. The SMILES string of the molecule is O=C(O)CCc1cc2n(n1)CCN(C(=O)CCn1cc(Cl)cn1)C2. The standard InChI is InChI=1S/C15H18ClN5O3/c16-11-8-17-20(9-11)4-3-14(22)19-5-6-21-13(10-19)7-12(18-21)1-2-15(23)24/h7-9H,1-6,10H2,(H,23,24). The fourth-order valence-corrected chi connectivity index (χ4v) is 2.88. The van der Waals surface area contributed by atoms with Crippen molar-refractivity contribution in [2.75, 3.05) is 6.54 Å². The lowest BCUT2D eigenvalue weighted by Gasteiger charge is -2.27. The van der Waals surface area contributed by atoms with Crippen molar-refractivity contribution in [2.24, 2.45) is 0 Å². The summed E-state index contributed by atoms with van der Waals surface area (Å²) in [7, 11) is 0. The Morgan fingerprint density at radius 3 is 2.83 bits per heavy atom. The molecule has 0 radical (unpaired) electrons. The second-order valence-corrected chi connectivity index (χ2v) is 6.17. The van der Waals surface area contributed by atoms with Gasteiger partial charge < -0.3 is 10.0 Å². The number of hydrogen-bond donors (Lipinski definition) is 1. The Bertz CT molecular complexity index is 754. The van der Waals surface area contributed by atoms with Crippen molar-refractivity contribution in [2.45, 2.75) is 38.9 Å². The average Bonchev–Trinajstić information content (AvgIpc) is 3.15. The highest BCUT2D eigenvalue weighted by Gasteiger charge is 2.22. The Kier molecular flexibility index (Phi) is 4.84. The summed E-state index contributed by atoms with van der Waals surface area (Å²) in [5, 5.41) is 17.8. The maximum absolute atomic E-state index is 12.4. The number of amides is 1. The lowest BCUT2D eigenvalue weighted by atomic mass is 10.2. The van der Waals surface area contributed by atoms with Gasteiger partial charge in [-0.05, 0) is 6.07 Å². The van der Waals surface area contributed by atoms with E-state index in [1.807, 2.05) is 10.7 Å². The first-order valence-electron chi connectivity index (χ1n) is 7.74. The van der Waals surface area contributed by atoms with Gasteiger partial charge in [0.15, 0.2) is 0 Å². The third-order valence-corrected chi connectivity index (χ3v) is 4.15. The molecule has 0 saturated heterocycles. The second-order valence-electron chi connectivity index (χ2n) is 5.73. The van der Waals surface area contributed by atoms with Crippen LogP contribution in [0.4, 0.5) is 0 Å². The summed E-state index contributed by atoms with van der Waals surface area (Å²) in [6.07, 6.45) is 4.06. The van der Waals surface area contributed by atoms with Crippen LogP contribution in [0.1, 0.15) is 24.2 Å². The summed E-state index contributed by atoms with van der Waals surface area (Å²) in [6, 6.07) is 1.88. The Labute approximate surface area is 143 Å². The summed E-state index contributed by atoms with van der Waals surface area (Å²) in [4.78, 5) is 24.8. The number of halogens is 1. The molecule has 0 saturated carbocycles. The molecule has 0 atom stereocenters. The van der Waals surface area contributed by atoms with Gasteiger partial charge in [-0.2, -0.15) is 10.2 Å². The van der Waals surface area contributed by atoms with Crippen LogP contribution in [0, 0.1) is 0 Å². The lowest BCUT2D eigenvalue weighted by molar-refractivity contribution is -0.137. The van der Waals surface area contributed by atoms with Crippen LogP contribution in [0.15, 0.2) is 18.5 Å². The second kappa shape index (κ2) is 7.04. The molecule has 8 nitrogen and oxygen atoms in total. The van der Waals surface area contributed by atoms with Crippen LogP contribution in [-0.2, 0) is 35.6 Å². The average molecular weight is 352 g/mol. The van der Waals surface area contributed by atoms with Crippen LogP contribution >= 0.6 is 11.6 Å². The number of carboxylic acids is 1. The predicted octanol–water partition coefficient (Wildman–Crippen LogP) is 1.18. The lowest BCUT2D eigenvalue weighted by Crippen LogP contribution is -2.38. The minimum atomic E-state index is -0.837. The third kappa shape index (κ3) is 3.94. The van der Waals surface area contributed by atoms with Gasteiger partial charge >= 0.3 is 5.97 Å². The summed E-state index contributed by atoms with van der Waals surface area (Å²) in [5.41, 5.74) is 1.70. The van der Waals surface area contributed by atoms with Gasteiger partial charge in [0.05, 0.1) is 42.1 Å². The topological polar surface area (TPSA) is 93.3 Å². The number of aryl methyl sites for hydroxylation is 2. The van der Waals surface area contributed by atoms with Gasteiger partial charge in [0.2, 0.25) is 5.91 Å². The Morgan fingerprint density at radius 1 is 1.29 bits per heavy atom. The van der Waals surface area contributed by atoms with Crippen molar-refractivity contribution >= 4 is 23.5 Å². The number of carbonyl (C=O) groups is 2. The summed E-state index contributed by atoms with van der Waals surface area (Å²) in [6.45, 7) is 2.22. The van der Waals surface area contributed by atoms with Gasteiger partial charge in [0.25, 0.3) is 0 Å². The molecule has 1 amide bonds. The number of nitrogens with zero attached hydrogens (tertiary/aromatic N) is 5. The van der Waals surface area contributed by atoms with Crippen molar-refractivity contribution in [3.8, 4) is 0 Å². The first kappa shape index (κ1) is 16.5. The van der Waals surface area contributed by atoms with Gasteiger partial charge in [0.1, 0.15) is 0 Å². The first-order valence-corrected chi connectivity index (χ1v) is 8.12. The highest BCUT2D eigenvalue weighted by Crippen LogP contribution is 2.16. The molecule has 0 fully saturated rings. The molecular weight excluding hydrogens is 334 g/mol. The van der Waals surface area contributed by atoms with Crippen molar-refractivity contribution in [3.05, 3.63) is 34.9 Å². The van der Waals surface area contributed by atoms with E-state index in [1.165, 1.54) is 0 Å². The number of fused-ring (bicyclic) bond motifs is 1. The molecule has 0 unspecified atom stereocenters. The number of carboxylic acid groups (broad SMARTS) is 1. The largest absolute Gasteiger partial charge is 0.481 e. The number of rotatable bonds is 6. The fraction of sp³-hybridized carbons (Fsp3) is 0.467. The molecule has 2 aromatic heterocycles. The maximum Gasteiger partial charge on any atom is 0.303 e. The van der Waals surface area contributed by atoms with Crippen molar-refractivity contribution in [3.63, 3.8) is 0 Å². The molecule has 2 aromatic rings. The minimum absolute atomic E-state index is 0.0566. The zero-order valence-corrected chi connectivity index (χ0v) is 13.8. The van der Waals surface area contributed by atoms with Crippen LogP contribution in [0.2, 0.25) is 5.02 Å². The van der Waals surface area contributed by atoms with E-state index in [0.29, 0.717) is 44.0 Å². The van der Waals surface area contributed by atoms with Gasteiger partial charge in [0, 0.05) is 32.1 Å². The van der Waals surface area contributed by atoms with Crippen LogP contribution in [0.5, 0.6) is 0 Å². The van der Waals surface area contributed by atoms with Crippen LogP contribution in [0.3, 0.4) is 0 Å². The number of aliphatic carboxylic acids is 1. The Balaban J connectivity index is 1.55. The van der Waals surface area contributed by atoms with Gasteiger partial charge in [-0.15, -0.1) is 0 Å². The third-order valence-electron chi connectivity index (χ3n) is 3.95. The maximum atomic E-state index is 12.4. The van der Waals surface area contributed by atoms with E-state index in [4.69, 9.17) is 16.7 Å². The quantitative estimate of drug-likeness (QED) is 0.843. The first-order chi connectivity index (χ1) is 11.5. The fourth-order valence-electron chi connectivity index (χ4n) is 2.72. The number of aromatic nitrogens is 4. The number of carbonyl (C=O) groups excluding carboxylic acids is 1. The highest BCUT2D eigenvalue weighted by molar-refractivity contribution is 6.30. The van der Waals surface area contributed by atoms with E-state index in [9.17, 15) is 9.59 Å². The molecule has 1 N–H and O–H groups in total. The molecule has 0 aliphatic carbocycles. The molecule has 128 valence electrons. The van der Waals surface area contributed by atoms with Gasteiger partial charge in [-0.25, -0.2) is 0 Å². The zero-order valence-electron chi connectivity index (χ0n) is 13.1. The van der Waals surface area contributed by atoms with E-state index < -0.39 is 5.97 Å². The van der Waals surface area contributed by atoms with Gasteiger partial charge in [-0.3, -0.25) is 19.0 Å². The van der Waals surface area contributed by atoms with E-state index >= 15 is 0 Å². The van der Waals surface area contributed by atoms with Gasteiger partial charge in [-0.1, -0.05) is 11.6 Å². The van der Waals surface area contributed by atoms with Crippen LogP contribution in [0.25, 0.3) is 0 Å². The molecule has 3 heterocycles. The van der Waals surface area contributed by atoms with Crippen LogP contribution in [-0.4, -0.2) is 48.0 Å². The molecule has 0 bridgehead atoms. The normalized spacial score (nSPS) is 13.8.